The minimum Gasteiger partial charge on any atom is -0.336 e. The smallest absolute Gasteiger partial charge is 0.261 e. The molecular formula is C20H20ClN3O3. The Hall–Kier alpha value is -2.70. The number of carbonyl (C=O) groups is 3. The lowest BCUT2D eigenvalue weighted by molar-refractivity contribution is 0.0692. The summed E-state index contributed by atoms with van der Waals surface area (Å²) in [5.41, 5.74) is 8.41. The van der Waals surface area contributed by atoms with Gasteiger partial charge in [0.15, 0.2) is 0 Å². The molecule has 7 heteroatoms. The van der Waals surface area contributed by atoms with Crippen LogP contribution in [0.25, 0.3) is 0 Å². The van der Waals surface area contributed by atoms with Gasteiger partial charge in [-0.3, -0.25) is 19.3 Å². The molecule has 3 amide bonds. The van der Waals surface area contributed by atoms with Gasteiger partial charge in [-0.05, 0) is 23.8 Å². The largest absolute Gasteiger partial charge is 0.336 e. The second-order valence-corrected chi connectivity index (χ2v) is 6.82. The number of halogens is 1. The van der Waals surface area contributed by atoms with Gasteiger partial charge in [-0.15, -0.1) is 12.4 Å². The van der Waals surface area contributed by atoms with E-state index in [1.807, 2.05) is 30.3 Å². The molecule has 2 aromatic rings. The van der Waals surface area contributed by atoms with Gasteiger partial charge in [0, 0.05) is 37.7 Å². The molecule has 0 aromatic heterocycles. The van der Waals surface area contributed by atoms with E-state index in [0.29, 0.717) is 24.2 Å². The number of nitrogens with zero attached hydrogens (tertiary/aromatic N) is 2. The topological polar surface area (TPSA) is 83.7 Å². The summed E-state index contributed by atoms with van der Waals surface area (Å²) in [7, 11) is 1.44. The van der Waals surface area contributed by atoms with Crippen molar-refractivity contribution in [2.45, 2.75) is 12.0 Å². The molecule has 2 aliphatic rings. The second kappa shape index (κ2) is 7.13. The van der Waals surface area contributed by atoms with Crippen LogP contribution < -0.4 is 5.73 Å². The number of hydrogen-bond acceptors (Lipinski definition) is 4. The van der Waals surface area contributed by atoms with E-state index < -0.39 is 0 Å². The summed E-state index contributed by atoms with van der Waals surface area (Å²) in [4.78, 5) is 39.8. The summed E-state index contributed by atoms with van der Waals surface area (Å²) in [6.07, 6.45) is 0. The molecule has 2 aromatic carbocycles. The average Bonchev–Trinajstić information content (AvgIpc) is 3.16. The van der Waals surface area contributed by atoms with Gasteiger partial charge in [0.2, 0.25) is 0 Å². The number of fused-ring (bicyclic) bond motifs is 1. The number of rotatable bonds is 2. The van der Waals surface area contributed by atoms with Crippen molar-refractivity contribution in [1.29, 1.82) is 0 Å². The predicted molar refractivity (Wildman–Crippen MR) is 103 cm³/mol. The lowest BCUT2D eigenvalue weighted by Crippen LogP contribution is -2.32. The second-order valence-electron chi connectivity index (χ2n) is 6.82. The quantitative estimate of drug-likeness (QED) is 0.800. The fourth-order valence-electron chi connectivity index (χ4n) is 3.72. The Bertz CT molecular complexity index is 916. The highest BCUT2D eigenvalue weighted by molar-refractivity contribution is 6.21. The average molecular weight is 386 g/mol. The Morgan fingerprint density at radius 2 is 1.67 bits per heavy atom. The van der Waals surface area contributed by atoms with Crippen LogP contribution in [-0.4, -0.2) is 53.7 Å². The third-order valence-electron chi connectivity index (χ3n) is 5.22. The number of amides is 3. The van der Waals surface area contributed by atoms with Crippen molar-refractivity contribution < 1.29 is 14.4 Å². The maximum absolute atomic E-state index is 12.9. The SMILES string of the molecule is CN1C(=O)c2ccc(C(=O)N3C[C@@H](N)[C@H](c4ccccc4)C3)cc2C1=O.Cl. The molecule has 6 nitrogen and oxygen atoms in total. The Morgan fingerprint density at radius 3 is 2.37 bits per heavy atom. The molecule has 2 atom stereocenters. The Labute approximate surface area is 163 Å². The van der Waals surface area contributed by atoms with Gasteiger partial charge in [-0.25, -0.2) is 0 Å². The van der Waals surface area contributed by atoms with Crippen molar-refractivity contribution in [3.05, 3.63) is 70.8 Å². The fourth-order valence-corrected chi connectivity index (χ4v) is 3.72. The maximum Gasteiger partial charge on any atom is 0.261 e. The zero-order valence-corrected chi connectivity index (χ0v) is 15.6. The molecule has 27 heavy (non-hydrogen) atoms. The molecule has 0 bridgehead atoms. The molecule has 2 aliphatic heterocycles. The maximum atomic E-state index is 12.9. The third-order valence-corrected chi connectivity index (χ3v) is 5.22. The third kappa shape index (κ3) is 3.11. The van der Waals surface area contributed by atoms with Gasteiger partial charge in [0.05, 0.1) is 11.1 Å². The van der Waals surface area contributed by atoms with Gasteiger partial charge >= 0.3 is 0 Å². The van der Waals surface area contributed by atoms with Crippen LogP contribution in [0.3, 0.4) is 0 Å². The van der Waals surface area contributed by atoms with Crippen molar-refractivity contribution >= 4 is 30.1 Å². The van der Waals surface area contributed by atoms with E-state index in [0.717, 1.165) is 10.5 Å². The van der Waals surface area contributed by atoms with Crippen LogP contribution in [0.4, 0.5) is 0 Å². The first kappa shape index (κ1) is 19.1. The Balaban J connectivity index is 0.00000210. The Kier molecular flexibility index (Phi) is 5.04. The zero-order chi connectivity index (χ0) is 18.4. The monoisotopic (exact) mass is 385 g/mol. The highest BCUT2D eigenvalue weighted by Gasteiger charge is 2.36. The van der Waals surface area contributed by atoms with Crippen LogP contribution in [0.15, 0.2) is 48.5 Å². The first-order valence-corrected chi connectivity index (χ1v) is 8.53. The Morgan fingerprint density at radius 1 is 1.00 bits per heavy atom. The number of imide groups is 1. The molecule has 1 saturated heterocycles. The standard InChI is InChI=1S/C20H19N3O3.ClH/c1-22-19(25)14-8-7-13(9-15(14)20(22)26)18(24)23-10-16(17(21)11-23)12-5-3-2-4-6-12;/h2-9,16-17H,10-11,21H2,1H3;1H/t16-,17+;/m0./s1. The van der Waals surface area contributed by atoms with Crippen molar-refractivity contribution in [1.82, 2.24) is 9.80 Å². The van der Waals surface area contributed by atoms with Crippen LogP contribution >= 0.6 is 12.4 Å². The van der Waals surface area contributed by atoms with Gasteiger partial charge < -0.3 is 10.6 Å². The molecular weight excluding hydrogens is 366 g/mol. The first-order valence-electron chi connectivity index (χ1n) is 8.53. The first-order chi connectivity index (χ1) is 12.5. The highest BCUT2D eigenvalue weighted by atomic mass is 35.5. The van der Waals surface area contributed by atoms with Crippen molar-refractivity contribution in [3.63, 3.8) is 0 Å². The minimum absolute atomic E-state index is 0. The molecule has 2 N–H and O–H groups in total. The molecule has 0 aliphatic carbocycles. The number of likely N-dealkylation sites (tertiary alicyclic amines) is 1. The normalized spacial score (nSPS) is 21.3. The van der Waals surface area contributed by atoms with E-state index in [1.54, 1.807) is 17.0 Å². The fraction of sp³-hybridized carbons (Fsp3) is 0.250. The summed E-state index contributed by atoms with van der Waals surface area (Å²) in [6, 6.07) is 14.5. The summed E-state index contributed by atoms with van der Waals surface area (Å²) < 4.78 is 0. The van der Waals surface area contributed by atoms with Crippen molar-refractivity contribution in [3.8, 4) is 0 Å². The van der Waals surface area contributed by atoms with Gasteiger partial charge in [-0.1, -0.05) is 30.3 Å². The molecule has 140 valence electrons. The number of carbonyl (C=O) groups excluding carboxylic acids is 3. The van der Waals surface area contributed by atoms with Crippen LogP contribution in [0.2, 0.25) is 0 Å². The molecule has 2 heterocycles. The lowest BCUT2D eigenvalue weighted by Gasteiger charge is -2.17. The van der Waals surface area contributed by atoms with E-state index in [4.69, 9.17) is 5.73 Å². The van der Waals surface area contributed by atoms with Gasteiger partial charge in [0.1, 0.15) is 0 Å². The van der Waals surface area contributed by atoms with E-state index in [1.165, 1.54) is 13.1 Å². The summed E-state index contributed by atoms with van der Waals surface area (Å²) in [5, 5.41) is 0. The number of nitrogens with two attached hydrogens (primary N) is 1. The van der Waals surface area contributed by atoms with Crippen molar-refractivity contribution in [2.24, 2.45) is 5.73 Å². The minimum atomic E-state index is -0.375. The summed E-state index contributed by atoms with van der Waals surface area (Å²) in [6.45, 7) is 0.996. The van der Waals surface area contributed by atoms with Crippen LogP contribution in [0.1, 0.15) is 42.6 Å². The molecule has 4 rings (SSSR count). The van der Waals surface area contributed by atoms with Gasteiger partial charge in [-0.2, -0.15) is 0 Å². The van der Waals surface area contributed by atoms with E-state index in [2.05, 4.69) is 0 Å². The van der Waals surface area contributed by atoms with Gasteiger partial charge in [0.25, 0.3) is 17.7 Å². The van der Waals surface area contributed by atoms with Crippen LogP contribution in [-0.2, 0) is 0 Å². The molecule has 0 spiro atoms. The number of hydrogen-bond donors (Lipinski definition) is 1. The zero-order valence-electron chi connectivity index (χ0n) is 14.8. The summed E-state index contributed by atoms with van der Waals surface area (Å²) >= 11 is 0. The summed E-state index contributed by atoms with van der Waals surface area (Å²) in [5.74, 6) is -0.795. The molecule has 0 unspecified atom stereocenters. The lowest BCUT2D eigenvalue weighted by atomic mass is 9.95. The predicted octanol–water partition coefficient (Wildman–Crippen LogP) is 1.90. The molecule has 0 radical (unpaired) electrons. The molecule has 1 fully saturated rings. The highest BCUT2D eigenvalue weighted by Crippen LogP contribution is 2.29. The number of benzene rings is 2. The van der Waals surface area contributed by atoms with Crippen molar-refractivity contribution in [2.75, 3.05) is 20.1 Å². The van der Waals surface area contributed by atoms with Crippen LogP contribution in [0.5, 0.6) is 0 Å². The van der Waals surface area contributed by atoms with E-state index >= 15 is 0 Å². The molecule has 0 saturated carbocycles. The van der Waals surface area contributed by atoms with E-state index in [9.17, 15) is 14.4 Å². The van der Waals surface area contributed by atoms with Crippen LogP contribution in [0, 0.1) is 0 Å². The van der Waals surface area contributed by atoms with E-state index in [-0.39, 0.29) is 47.7 Å².